The molecule has 0 saturated heterocycles. The third-order valence-electron chi connectivity index (χ3n) is 6.95. The van der Waals surface area contributed by atoms with Gasteiger partial charge >= 0.3 is 0 Å². The molecule has 0 spiro atoms. The van der Waals surface area contributed by atoms with Crippen molar-refractivity contribution in [2.24, 2.45) is 5.41 Å². The summed E-state index contributed by atoms with van der Waals surface area (Å²) >= 11 is 0. The summed E-state index contributed by atoms with van der Waals surface area (Å²) in [7, 11) is 0. The van der Waals surface area contributed by atoms with Crippen LogP contribution in [0.5, 0.6) is 0 Å². The number of hydrogen-bond donors (Lipinski definition) is 0. The van der Waals surface area contributed by atoms with Crippen molar-refractivity contribution < 1.29 is 20.1 Å². The molecule has 24 heavy (non-hydrogen) atoms. The minimum atomic E-state index is 0. The molecule has 1 nitrogen and oxygen atoms in total. The van der Waals surface area contributed by atoms with Crippen molar-refractivity contribution in [1.29, 1.82) is 0 Å². The third kappa shape index (κ3) is 2.42. The molecule has 1 aromatic heterocycles. The number of nitrogens with zero attached hydrogens (tertiary/aromatic N) is 1. The molecule has 1 aromatic carbocycles. The number of aromatic nitrogens is 1. The van der Waals surface area contributed by atoms with Crippen LogP contribution in [0.25, 0.3) is 11.3 Å². The van der Waals surface area contributed by atoms with Gasteiger partial charge in [-0.3, -0.25) is 0 Å². The first-order chi connectivity index (χ1) is 10.6. The maximum atomic E-state index is 4.63. The summed E-state index contributed by atoms with van der Waals surface area (Å²) in [5.41, 5.74) is 6.83. The SMILES string of the molecule is CCc1cccnc1-c1[c-]cc2c(c1)C(C)(C)C(C)(C)C2(C)C.[Ir]. The normalized spacial score (nSPS) is 19.5. The predicted octanol–water partition coefficient (Wildman–Crippen LogP) is 5.70. The van der Waals surface area contributed by atoms with Crippen molar-refractivity contribution in [3.8, 4) is 11.3 Å². The van der Waals surface area contributed by atoms with Crippen molar-refractivity contribution in [2.45, 2.75) is 65.7 Å². The summed E-state index contributed by atoms with van der Waals surface area (Å²) in [6, 6.07) is 12.3. The summed E-state index contributed by atoms with van der Waals surface area (Å²) in [6.07, 6.45) is 2.88. The zero-order chi connectivity index (χ0) is 17.0. The van der Waals surface area contributed by atoms with Crippen LogP contribution in [0, 0.1) is 11.5 Å². The van der Waals surface area contributed by atoms with E-state index >= 15 is 0 Å². The minimum absolute atomic E-state index is 0. The van der Waals surface area contributed by atoms with E-state index in [1.165, 1.54) is 16.7 Å². The van der Waals surface area contributed by atoms with E-state index < -0.39 is 0 Å². The van der Waals surface area contributed by atoms with Crippen LogP contribution in [0.15, 0.2) is 30.5 Å². The molecule has 0 bridgehead atoms. The second-order valence-corrected chi connectivity index (χ2v) is 8.41. The van der Waals surface area contributed by atoms with Crippen LogP contribution < -0.4 is 0 Å². The number of benzene rings is 1. The van der Waals surface area contributed by atoms with Gasteiger partial charge < -0.3 is 4.98 Å². The fourth-order valence-corrected chi connectivity index (χ4v) is 4.08. The molecular weight excluding hydrogens is 470 g/mol. The van der Waals surface area contributed by atoms with Gasteiger partial charge in [0, 0.05) is 26.3 Å². The van der Waals surface area contributed by atoms with E-state index in [1.54, 1.807) is 0 Å². The van der Waals surface area contributed by atoms with Gasteiger partial charge in [-0.1, -0.05) is 60.1 Å². The fourth-order valence-electron chi connectivity index (χ4n) is 4.08. The van der Waals surface area contributed by atoms with Gasteiger partial charge in [0.1, 0.15) is 0 Å². The molecule has 0 aliphatic heterocycles. The quantitative estimate of drug-likeness (QED) is 0.484. The summed E-state index contributed by atoms with van der Waals surface area (Å²) in [5.74, 6) is 0. The van der Waals surface area contributed by atoms with Gasteiger partial charge in [-0.25, -0.2) is 0 Å². The van der Waals surface area contributed by atoms with Gasteiger partial charge in [0.05, 0.1) is 0 Å². The second-order valence-electron chi connectivity index (χ2n) is 8.41. The number of fused-ring (bicyclic) bond motifs is 1. The van der Waals surface area contributed by atoms with Crippen LogP contribution in [0.1, 0.15) is 65.2 Å². The Hall–Kier alpha value is -0.981. The Morgan fingerprint density at radius 2 is 1.62 bits per heavy atom. The van der Waals surface area contributed by atoms with Gasteiger partial charge in [-0.2, -0.15) is 0 Å². The molecule has 131 valence electrons. The van der Waals surface area contributed by atoms with Crippen LogP contribution in [-0.4, -0.2) is 4.98 Å². The van der Waals surface area contributed by atoms with Gasteiger partial charge in [0.25, 0.3) is 0 Å². The van der Waals surface area contributed by atoms with E-state index in [-0.39, 0.29) is 36.4 Å². The molecule has 0 unspecified atom stereocenters. The van der Waals surface area contributed by atoms with Gasteiger partial charge in [0.2, 0.25) is 0 Å². The van der Waals surface area contributed by atoms with Crippen molar-refractivity contribution in [3.05, 3.63) is 53.2 Å². The number of aryl methyl sites for hydroxylation is 1. The Balaban J connectivity index is 0.00000208. The van der Waals surface area contributed by atoms with E-state index in [2.05, 4.69) is 77.7 Å². The van der Waals surface area contributed by atoms with Crippen LogP contribution in [0.4, 0.5) is 0 Å². The Kier molecular flexibility index (Phi) is 4.90. The fraction of sp³-hybridized carbons (Fsp3) is 0.500. The van der Waals surface area contributed by atoms with Crippen molar-refractivity contribution in [1.82, 2.24) is 4.98 Å². The molecule has 0 atom stereocenters. The van der Waals surface area contributed by atoms with Gasteiger partial charge in [0.15, 0.2) is 0 Å². The molecular formula is C22H28IrN-. The van der Waals surface area contributed by atoms with Crippen molar-refractivity contribution >= 4 is 0 Å². The topological polar surface area (TPSA) is 12.9 Å². The molecule has 1 aliphatic rings. The number of rotatable bonds is 2. The van der Waals surface area contributed by atoms with E-state index in [1.807, 2.05) is 12.3 Å². The molecule has 1 aliphatic carbocycles. The Morgan fingerprint density at radius 3 is 2.25 bits per heavy atom. The number of hydrogen-bond acceptors (Lipinski definition) is 1. The monoisotopic (exact) mass is 499 g/mol. The smallest absolute Gasteiger partial charge is 0.0160 e. The first-order valence-corrected chi connectivity index (χ1v) is 8.65. The Morgan fingerprint density at radius 1 is 1.00 bits per heavy atom. The Labute approximate surface area is 160 Å². The molecule has 2 aromatic rings. The summed E-state index contributed by atoms with van der Waals surface area (Å²) < 4.78 is 0. The first kappa shape index (κ1) is 19.3. The van der Waals surface area contributed by atoms with Gasteiger partial charge in [-0.05, 0) is 34.4 Å². The van der Waals surface area contributed by atoms with Crippen LogP contribution in [0.3, 0.4) is 0 Å². The van der Waals surface area contributed by atoms with Crippen LogP contribution in [0.2, 0.25) is 0 Å². The van der Waals surface area contributed by atoms with Crippen LogP contribution in [-0.2, 0) is 37.4 Å². The van der Waals surface area contributed by atoms with Crippen LogP contribution >= 0.6 is 0 Å². The van der Waals surface area contributed by atoms with Crippen molar-refractivity contribution in [3.63, 3.8) is 0 Å². The average molecular weight is 499 g/mol. The maximum absolute atomic E-state index is 4.63. The third-order valence-corrected chi connectivity index (χ3v) is 6.95. The van der Waals surface area contributed by atoms with Crippen molar-refractivity contribution in [2.75, 3.05) is 0 Å². The zero-order valence-electron chi connectivity index (χ0n) is 15.9. The number of pyridine rings is 1. The Bertz CT molecular complexity index is 756. The maximum Gasteiger partial charge on any atom is 0.0160 e. The molecule has 1 heterocycles. The molecule has 2 heteroatoms. The van der Waals surface area contributed by atoms with E-state index in [0.29, 0.717) is 0 Å². The summed E-state index contributed by atoms with van der Waals surface area (Å²) in [4.78, 5) is 4.63. The van der Waals surface area contributed by atoms with E-state index in [9.17, 15) is 0 Å². The van der Waals surface area contributed by atoms with E-state index in [0.717, 1.165) is 17.7 Å². The molecule has 0 fully saturated rings. The molecule has 0 amide bonds. The minimum Gasteiger partial charge on any atom is -0.304 e. The zero-order valence-corrected chi connectivity index (χ0v) is 18.3. The molecule has 0 N–H and O–H groups in total. The predicted molar refractivity (Wildman–Crippen MR) is 97.7 cm³/mol. The standard InChI is InChI=1S/C22H28N.Ir/c1-8-15-10-9-13-23-19(15)16-11-12-17-18(14-16)21(4,5)22(6,7)20(17,2)3;/h9-10,12-14H,8H2,1-7H3;/q-1;. The summed E-state index contributed by atoms with van der Waals surface area (Å²) in [6.45, 7) is 16.5. The average Bonchev–Trinajstić information content (AvgIpc) is 2.63. The largest absolute Gasteiger partial charge is 0.304 e. The van der Waals surface area contributed by atoms with E-state index in [4.69, 9.17) is 0 Å². The van der Waals surface area contributed by atoms with Gasteiger partial charge in [-0.15, -0.1) is 34.9 Å². The molecule has 3 rings (SSSR count). The first-order valence-electron chi connectivity index (χ1n) is 8.65. The molecule has 0 saturated carbocycles. The summed E-state index contributed by atoms with van der Waals surface area (Å²) in [5, 5.41) is 0. The molecule has 1 radical (unpaired) electrons. The second kappa shape index (κ2) is 6.07.